The Morgan fingerprint density at radius 2 is 1.77 bits per heavy atom. The van der Waals surface area contributed by atoms with Crippen molar-refractivity contribution in [2.24, 2.45) is 0 Å². The van der Waals surface area contributed by atoms with Crippen LogP contribution in [-0.2, 0) is 9.31 Å². The van der Waals surface area contributed by atoms with Crippen LogP contribution in [0.3, 0.4) is 0 Å². The van der Waals surface area contributed by atoms with E-state index in [1.54, 1.807) is 0 Å². The summed E-state index contributed by atoms with van der Waals surface area (Å²) in [5.41, 5.74) is -0.523. The van der Waals surface area contributed by atoms with E-state index >= 15 is 0 Å². The molecule has 0 N–H and O–H groups in total. The predicted molar refractivity (Wildman–Crippen MR) is 94.5 cm³/mol. The zero-order valence-corrected chi connectivity index (χ0v) is 14.4. The van der Waals surface area contributed by atoms with Crippen LogP contribution in [0.2, 0.25) is 5.82 Å². The summed E-state index contributed by atoms with van der Waals surface area (Å²) in [7, 11) is -0.159. The lowest BCUT2D eigenvalue weighted by atomic mass is 9.68. The average molecular weight is 312 g/mol. The summed E-state index contributed by atoms with van der Waals surface area (Å²) in [6.07, 6.45) is 5.68. The highest BCUT2D eigenvalue weighted by molar-refractivity contribution is 7.17. The lowest BCUT2D eigenvalue weighted by Gasteiger charge is -2.32. The molecule has 0 bridgehead atoms. The van der Waals surface area contributed by atoms with Crippen LogP contribution in [0.25, 0.3) is 22.2 Å². The van der Waals surface area contributed by atoms with E-state index in [0.717, 1.165) is 6.42 Å². The minimum Gasteiger partial charge on any atom is -0.403 e. The number of thiophene rings is 1. The Hall–Kier alpha value is -1.10. The van der Waals surface area contributed by atoms with Crippen LogP contribution < -0.4 is 9.75 Å². The molecule has 1 aliphatic carbocycles. The van der Waals surface area contributed by atoms with Crippen LogP contribution in [0, 0.1) is 0 Å². The molecule has 1 aromatic heterocycles. The van der Waals surface area contributed by atoms with Crippen molar-refractivity contribution in [2.45, 2.75) is 51.1 Å². The van der Waals surface area contributed by atoms with E-state index in [1.807, 2.05) is 11.3 Å². The highest BCUT2D eigenvalue weighted by Gasteiger charge is 2.53. The van der Waals surface area contributed by atoms with Crippen molar-refractivity contribution in [3.05, 3.63) is 34.0 Å². The molecular weight excluding hydrogens is 291 g/mol. The van der Waals surface area contributed by atoms with Gasteiger partial charge in [-0.1, -0.05) is 30.4 Å². The van der Waals surface area contributed by atoms with Crippen LogP contribution in [0.4, 0.5) is 0 Å². The van der Waals surface area contributed by atoms with Crippen molar-refractivity contribution < 1.29 is 9.31 Å². The topological polar surface area (TPSA) is 18.5 Å². The molecule has 0 spiro atoms. The molecule has 1 saturated heterocycles. The molecule has 1 fully saturated rings. The van der Waals surface area contributed by atoms with Gasteiger partial charge in [0.05, 0.1) is 11.2 Å². The van der Waals surface area contributed by atoms with Gasteiger partial charge in [-0.3, -0.25) is 0 Å². The SMILES string of the molecule is CC1(C)OB(C2C=c3c(sc4ccccc34)=CC2)OC1(C)C. The predicted octanol–water partition coefficient (Wildman–Crippen LogP) is 3.33. The van der Waals surface area contributed by atoms with Gasteiger partial charge >= 0.3 is 7.12 Å². The van der Waals surface area contributed by atoms with Gasteiger partial charge in [0.1, 0.15) is 0 Å². The molecular formula is C18H21BO2S. The van der Waals surface area contributed by atoms with Gasteiger partial charge in [0.25, 0.3) is 0 Å². The average Bonchev–Trinajstić information content (AvgIpc) is 2.93. The Kier molecular flexibility index (Phi) is 3.10. The summed E-state index contributed by atoms with van der Waals surface area (Å²) >= 11 is 1.88. The molecule has 0 radical (unpaired) electrons. The van der Waals surface area contributed by atoms with E-state index in [1.165, 1.54) is 19.8 Å². The second kappa shape index (κ2) is 4.70. The van der Waals surface area contributed by atoms with Gasteiger partial charge in [0.2, 0.25) is 0 Å². The number of hydrogen-bond donors (Lipinski definition) is 0. The Bertz CT molecular complexity index is 834. The number of hydrogen-bond acceptors (Lipinski definition) is 3. The van der Waals surface area contributed by atoms with Gasteiger partial charge in [0, 0.05) is 15.0 Å². The molecule has 0 amide bonds. The number of rotatable bonds is 1. The maximum Gasteiger partial charge on any atom is 0.465 e. The molecule has 1 aliphatic heterocycles. The molecule has 2 aromatic rings. The van der Waals surface area contributed by atoms with Crippen LogP contribution in [0.1, 0.15) is 34.1 Å². The summed E-state index contributed by atoms with van der Waals surface area (Å²) in [6.45, 7) is 8.46. The maximum absolute atomic E-state index is 6.24. The number of benzene rings is 1. The third-order valence-corrected chi connectivity index (χ3v) is 6.42. The van der Waals surface area contributed by atoms with Crippen molar-refractivity contribution in [3.8, 4) is 0 Å². The molecule has 1 aromatic carbocycles. The van der Waals surface area contributed by atoms with Crippen LogP contribution in [0.15, 0.2) is 24.3 Å². The van der Waals surface area contributed by atoms with E-state index in [0.29, 0.717) is 0 Å². The minimum absolute atomic E-state index is 0.159. The molecule has 4 rings (SSSR count). The van der Waals surface area contributed by atoms with Crippen molar-refractivity contribution in [2.75, 3.05) is 0 Å². The number of fused-ring (bicyclic) bond motifs is 3. The Morgan fingerprint density at radius 1 is 1.09 bits per heavy atom. The van der Waals surface area contributed by atoms with E-state index in [9.17, 15) is 0 Å². The third kappa shape index (κ3) is 2.09. The van der Waals surface area contributed by atoms with Crippen molar-refractivity contribution in [1.29, 1.82) is 0 Å². The van der Waals surface area contributed by atoms with E-state index in [2.05, 4.69) is 64.1 Å². The molecule has 2 heterocycles. The highest BCUT2D eigenvalue weighted by Crippen LogP contribution is 2.41. The minimum atomic E-state index is -0.261. The first-order chi connectivity index (χ1) is 10.4. The Labute approximate surface area is 135 Å². The van der Waals surface area contributed by atoms with Gasteiger partial charge in [-0.25, -0.2) is 0 Å². The summed E-state index contributed by atoms with van der Waals surface area (Å²) in [6, 6.07) is 8.63. The third-order valence-electron chi connectivity index (χ3n) is 5.24. The van der Waals surface area contributed by atoms with E-state index in [4.69, 9.17) is 9.31 Å². The first-order valence-corrected chi connectivity index (χ1v) is 8.74. The van der Waals surface area contributed by atoms with Crippen molar-refractivity contribution in [3.63, 3.8) is 0 Å². The van der Waals surface area contributed by atoms with Gasteiger partial charge in [-0.15, -0.1) is 11.3 Å². The molecule has 1 unspecified atom stereocenters. The van der Waals surface area contributed by atoms with E-state index < -0.39 is 0 Å². The lowest BCUT2D eigenvalue weighted by molar-refractivity contribution is 0.00578. The van der Waals surface area contributed by atoms with Gasteiger partial charge < -0.3 is 9.31 Å². The summed E-state index contributed by atoms with van der Waals surface area (Å²) in [4.78, 5) is 0. The lowest BCUT2D eigenvalue weighted by Crippen LogP contribution is -2.41. The molecule has 4 heteroatoms. The highest BCUT2D eigenvalue weighted by atomic mass is 32.1. The smallest absolute Gasteiger partial charge is 0.403 e. The fraction of sp³-hybridized carbons (Fsp3) is 0.444. The maximum atomic E-state index is 6.24. The van der Waals surface area contributed by atoms with Crippen LogP contribution in [0.5, 0.6) is 0 Å². The molecule has 2 aliphatic rings. The standard InChI is InChI=1S/C18H21BO2S/c1-17(2)18(3,4)21-19(20-17)12-9-10-16-14(11-12)13-7-5-6-8-15(13)22-16/h5-8,10-12H,9H2,1-4H3. The summed E-state index contributed by atoms with van der Waals surface area (Å²) in [5, 5.41) is 2.70. The van der Waals surface area contributed by atoms with Crippen molar-refractivity contribution >= 4 is 40.7 Å². The first-order valence-electron chi connectivity index (χ1n) is 7.93. The van der Waals surface area contributed by atoms with Gasteiger partial charge in [0.15, 0.2) is 0 Å². The first kappa shape index (κ1) is 14.5. The Morgan fingerprint density at radius 3 is 2.50 bits per heavy atom. The Balaban J connectivity index is 1.75. The zero-order valence-electron chi connectivity index (χ0n) is 13.6. The van der Waals surface area contributed by atoms with Crippen LogP contribution >= 0.6 is 11.3 Å². The molecule has 1 atom stereocenters. The fourth-order valence-electron chi connectivity index (χ4n) is 3.19. The van der Waals surface area contributed by atoms with Gasteiger partial charge in [-0.2, -0.15) is 0 Å². The van der Waals surface area contributed by atoms with Crippen molar-refractivity contribution in [1.82, 2.24) is 0 Å². The summed E-state index contributed by atoms with van der Waals surface area (Å²) in [5.74, 6) is 0.284. The quantitative estimate of drug-likeness (QED) is 0.752. The largest absolute Gasteiger partial charge is 0.465 e. The molecule has 114 valence electrons. The van der Waals surface area contributed by atoms with Crippen LogP contribution in [-0.4, -0.2) is 18.3 Å². The van der Waals surface area contributed by atoms with Gasteiger partial charge in [-0.05, 0) is 50.8 Å². The molecule has 2 nitrogen and oxygen atoms in total. The normalized spacial score (nSPS) is 25.6. The zero-order chi connectivity index (χ0) is 15.5. The molecule has 0 saturated carbocycles. The second-order valence-electron chi connectivity index (χ2n) is 7.27. The second-order valence-corrected chi connectivity index (χ2v) is 8.35. The fourth-order valence-corrected chi connectivity index (χ4v) is 4.33. The molecule has 22 heavy (non-hydrogen) atoms. The summed E-state index contributed by atoms with van der Waals surface area (Å²) < 4.78 is 15.2. The van der Waals surface area contributed by atoms with E-state index in [-0.39, 0.29) is 24.1 Å². The monoisotopic (exact) mass is 312 g/mol.